The fourth-order valence-corrected chi connectivity index (χ4v) is 2.47. The van der Waals surface area contributed by atoms with Gasteiger partial charge in [-0.2, -0.15) is 0 Å². The van der Waals surface area contributed by atoms with E-state index in [4.69, 9.17) is 5.73 Å². The Morgan fingerprint density at radius 2 is 1.81 bits per heavy atom. The van der Waals surface area contributed by atoms with Gasteiger partial charge in [-0.3, -0.25) is 9.69 Å². The molecule has 1 aliphatic rings. The van der Waals surface area contributed by atoms with E-state index in [9.17, 15) is 4.79 Å². The first-order chi connectivity index (χ1) is 10.1. The van der Waals surface area contributed by atoms with E-state index in [1.54, 1.807) is 0 Å². The molecule has 1 aromatic carbocycles. The summed E-state index contributed by atoms with van der Waals surface area (Å²) < 4.78 is 0. The van der Waals surface area contributed by atoms with Crippen LogP contribution in [0.4, 0.5) is 0 Å². The second kappa shape index (κ2) is 7.26. The molecule has 1 saturated heterocycles. The molecule has 0 spiro atoms. The van der Waals surface area contributed by atoms with Gasteiger partial charge in [-0.05, 0) is 38.1 Å². The van der Waals surface area contributed by atoms with Crippen LogP contribution in [0.3, 0.4) is 0 Å². The minimum absolute atomic E-state index is 0.108. The van der Waals surface area contributed by atoms with E-state index in [1.165, 1.54) is 0 Å². The maximum Gasteiger partial charge on any atom is 0.253 e. The molecule has 2 rings (SSSR count). The molecule has 1 heterocycles. The molecule has 0 bridgehead atoms. The van der Waals surface area contributed by atoms with Crippen LogP contribution in [0.1, 0.15) is 29.8 Å². The van der Waals surface area contributed by atoms with E-state index >= 15 is 0 Å². The average Bonchev–Trinajstić information content (AvgIpc) is 2.53. The van der Waals surface area contributed by atoms with Gasteiger partial charge in [0.1, 0.15) is 0 Å². The number of rotatable bonds is 2. The number of carbonyl (C=O) groups is 1. The van der Waals surface area contributed by atoms with Crippen molar-refractivity contribution in [2.75, 3.05) is 32.7 Å². The standard InChI is InChI=1S/C17H23N3O/c1-14(2)19-10-12-20(13-11-19)17(21)16-7-5-15(6-8-16)4-3-9-18/h5-8,14H,9-13,18H2,1-2H3. The predicted octanol–water partition coefficient (Wildman–Crippen LogP) is 1.16. The van der Waals surface area contributed by atoms with E-state index < -0.39 is 0 Å². The molecular formula is C17H23N3O. The molecule has 4 heteroatoms. The first kappa shape index (κ1) is 15.6. The summed E-state index contributed by atoms with van der Waals surface area (Å²) in [4.78, 5) is 16.8. The minimum atomic E-state index is 0.108. The molecule has 1 aromatic rings. The Morgan fingerprint density at radius 1 is 1.19 bits per heavy atom. The monoisotopic (exact) mass is 285 g/mol. The number of amides is 1. The Hall–Kier alpha value is -1.83. The van der Waals surface area contributed by atoms with E-state index in [0.29, 0.717) is 12.6 Å². The number of hydrogen-bond donors (Lipinski definition) is 1. The van der Waals surface area contributed by atoms with Gasteiger partial charge in [-0.25, -0.2) is 0 Å². The minimum Gasteiger partial charge on any atom is -0.336 e. The van der Waals surface area contributed by atoms with E-state index in [0.717, 1.165) is 37.3 Å². The molecule has 2 N–H and O–H groups in total. The number of benzene rings is 1. The third-order valence-corrected chi connectivity index (χ3v) is 3.80. The molecule has 112 valence electrons. The van der Waals surface area contributed by atoms with Crippen molar-refractivity contribution in [1.82, 2.24) is 9.80 Å². The van der Waals surface area contributed by atoms with Gasteiger partial charge < -0.3 is 10.6 Å². The van der Waals surface area contributed by atoms with Crippen molar-refractivity contribution in [1.29, 1.82) is 0 Å². The van der Waals surface area contributed by atoms with Crippen molar-refractivity contribution in [3.8, 4) is 11.8 Å². The molecule has 1 aliphatic heterocycles. The lowest BCUT2D eigenvalue weighted by Gasteiger charge is -2.37. The number of hydrogen-bond acceptors (Lipinski definition) is 3. The Bertz CT molecular complexity index is 531. The van der Waals surface area contributed by atoms with Crippen molar-refractivity contribution in [2.45, 2.75) is 19.9 Å². The highest BCUT2D eigenvalue weighted by molar-refractivity contribution is 5.94. The zero-order valence-electron chi connectivity index (χ0n) is 12.8. The highest BCUT2D eigenvalue weighted by Crippen LogP contribution is 2.11. The van der Waals surface area contributed by atoms with Gasteiger partial charge in [0.05, 0.1) is 6.54 Å². The van der Waals surface area contributed by atoms with E-state index in [2.05, 4.69) is 30.6 Å². The number of piperazine rings is 1. The lowest BCUT2D eigenvalue weighted by atomic mass is 10.1. The fourth-order valence-electron chi connectivity index (χ4n) is 2.47. The summed E-state index contributed by atoms with van der Waals surface area (Å²) >= 11 is 0. The second-order valence-corrected chi connectivity index (χ2v) is 5.51. The summed E-state index contributed by atoms with van der Waals surface area (Å²) in [6.45, 7) is 8.22. The summed E-state index contributed by atoms with van der Waals surface area (Å²) in [7, 11) is 0. The summed E-state index contributed by atoms with van der Waals surface area (Å²) in [5.41, 5.74) is 6.96. The van der Waals surface area contributed by atoms with Crippen LogP contribution in [0.25, 0.3) is 0 Å². The van der Waals surface area contributed by atoms with Crippen LogP contribution in [0.2, 0.25) is 0 Å². The van der Waals surface area contributed by atoms with Crippen LogP contribution in [0, 0.1) is 11.8 Å². The SMILES string of the molecule is CC(C)N1CCN(C(=O)c2ccc(C#CCN)cc2)CC1. The van der Waals surface area contributed by atoms with Crippen LogP contribution < -0.4 is 5.73 Å². The van der Waals surface area contributed by atoms with Gasteiger partial charge in [-0.1, -0.05) is 11.8 Å². The Labute approximate surface area is 126 Å². The molecule has 0 atom stereocenters. The van der Waals surface area contributed by atoms with Crippen molar-refractivity contribution < 1.29 is 4.79 Å². The summed E-state index contributed by atoms with van der Waals surface area (Å²) in [6.07, 6.45) is 0. The maximum absolute atomic E-state index is 12.5. The highest BCUT2D eigenvalue weighted by atomic mass is 16.2. The quantitative estimate of drug-likeness (QED) is 0.830. The number of nitrogens with zero attached hydrogens (tertiary/aromatic N) is 2. The lowest BCUT2D eigenvalue weighted by Crippen LogP contribution is -2.50. The smallest absolute Gasteiger partial charge is 0.253 e. The van der Waals surface area contributed by atoms with Gasteiger partial charge in [0.25, 0.3) is 5.91 Å². The fraction of sp³-hybridized carbons (Fsp3) is 0.471. The zero-order chi connectivity index (χ0) is 15.2. The van der Waals surface area contributed by atoms with Gasteiger partial charge in [0.15, 0.2) is 0 Å². The average molecular weight is 285 g/mol. The first-order valence-corrected chi connectivity index (χ1v) is 7.44. The van der Waals surface area contributed by atoms with Gasteiger partial charge in [0.2, 0.25) is 0 Å². The molecule has 0 unspecified atom stereocenters. The van der Waals surface area contributed by atoms with Crippen molar-refractivity contribution in [3.05, 3.63) is 35.4 Å². The van der Waals surface area contributed by atoms with Crippen LogP contribution in [-0.2, 0) is 0 Å². The largest absolute Gasteiger partial charge is 0.336 e. The Balaban J connectivity index is 1.97. The first-order valence-electron chi connectivity index (χ1n) is 7.44. The Kier molecular flexibility index (Phi) is 5.38. The third kappa shape index (κ3) is 4.07. The van der Waals surface area contributed by atoms with Crippen LogP contribution >= 0.6 is 0 Å². The van der Waals surface area contributed by atoms with Crippen molar-refractivity contribution in [2.24, 2.45) is 5.73 Å². The molecule has 0 aliphatic carbocycles. The molecule has 0 aromatic heterocycles. The normalized spacial score (nSPS) is 15.7. The molecule has 0 radical (unpaired) electrons. The van der Waals surface area contributed by atoms with Gasteiger partial charge >= 0.3 is 0 Å². The molecule has 1 fully saturated rings. The Morgan fingerprint density at radius 3 is 2.33 bits per heavy atom. The topological polar surface area (TPSA) is 49.6 Å². The number of carbonyl (C=O) groups excluding carboxylic acids is 1. The molecule has 21 heavy (non-hydrogen) atoms. The summed E-state index contributed by atoms with van der Waals surface area (Å²) in [5, 5.41) is 0. The van der Waals surface area contributed by atoms with Crippen molar-refractivity contribution in [3.63, 3.8) is 0 Å². The zero-order valence-corrected chi connectivity index (χ0v) is 12.8. The van der Waals surface area contributed by atoms with Crippen LogP contribution in [0.15, 0.2) is 24.3 Å². The second-order valence-electron chi connectivity index (χ2n) is 5.51. The summed E-state index contributed by atoms with van der Waals surface area (Å²) in [5.74, 6) is 5.88. The highest BCUT2D eigenvalue weighted by Gasteiger charge is 2.23. The molecule has 0 saturated carbocycles. The molecular weight excluding hydrogens is 262 g/mol. The third-order valence-electron chi connectivity index (χ3n) is 3.80. The lowest BCUT2D eigenvalue weighted by molar-refractivity contribution is 0.0595. The van der Waals surface area contributed by atoms with E-state index in [-0.39, 0.29) is 5.91 Å². The van der Waals surface area contributed by atoms with E-state index in [1.807, 2.05) is 29.2 Å². The molecule has 4 nitrogen and oxygen atoms in total. The molecule has 1 amide bonds. The van der Waals surface area contributed by atoms with Gasteiger partial charge in [-0.15, -0.1) is 0 Å². The predicted molar refractivity (Wildman–Crippen MR) is 85.0 cm³/mol. The number of nitrogens with two attached hydrogens (primary N) is 1. The summed E-state index contributed by atoms with van der Waals surface area (Å²) in [6, 6.07) is 7.98. The van der Waals surface area contributed by atoms with Crippen LogP contribution in [0.5, 0.6) is 0 Å². The van der Waals surface area contributed by atoms with Gasteiger partial charge in [0, 0.05) is 43.3 Å². The maximum atomic E-state index is 12.5. The van der Waals surface area contributed by atoms with Crippen LogP contribution in [-0.4, -0.2) is 54.5 Å². The van der Waals surface area contributed by atoms with Crippen molar-refractivity contribution >= 4 is 5.91 Å².